The second-order valence-corrected chi connectivity index (χ2v) is 6.31. The molecule has 1 fully saturated rings. The maximum atomic E-state index is 12.8. The lowest BCUT2D eigenvalue weighted by atomic mass is 10.1. The lowest BCUT2D eigenvalue weighted by molar-refractivity contribution is 0.0750. The molecule has 1 aromatic carbocycles. The number of anilines is 1. The van der Waals surface area contributed by atoms with Crippen molar-refractivity contribution in [1.29, 1.82) is 0 Å². The Kier molecular flexibility index (Phi) is 5.80. The van der Waals surface area contributed by atoms with E-state index in [2.05, 4.69) is 20.5 Å². The van der Waals surface area contributed by atoms with Crippen LogP contribution in [0.5, 0.6) is 0 Å². The summed E-state index contributed by atoms with van der Waals surface area (Å²) in [5.74, 6) is -0.229. The van der Waals surface area contributed by atoms with Crippen LogP contribution < -0.4 is 16.4 Å². The Morgan fingerprint density at radius 2 is 1.96 bits per heavy atom. The van der Waals surface area contributed by atoms with E-state index in [0.29, 0.717) is 17.8 Å². The summed E-state index contributed by atoms with van der Waals surface area (Å²) in [5, 5.41) is 5.58. The van der Waals surface area contributed by atoms with Crippen molar-refractivity contribution >= 4 is 17.6 Å². The number of nitrogens with two attached hydrogens (primary N) is 1. The first kappa shape index (κ1) is 17.9. The molecule has 7 nitrogen and oxygen atoms in total. The van der Waals surface area contributed by atoms with E-state index < -0.39 is 6.03 Å². The van der Waals surface area contributed by atoms with Gasteiger partial charge in [0.05, 0.1) is 23.1 Å². The Balaban J connectivity index is 1.71. The number of benzene rings is 1. The molecular formula is C19H23N5O2. The highest BCUT2D eigenvalue weighted by molar-refractivity contribution is 6.03. The van der Waals surface area contributed by atoms with Gasteiger partial charge in [0.1, 0.15) is 0 Å². The Bertz CT molecular complexity index is 766. The lowest BCUT2D eigenvalue weighted by Gasteiger charge is -2.36. The number of para-hydroxylation sites is 1. The average molecular weight is 353 g/mol. The van der Waals surface area contributed by atoms with Gasteiger partial charge in [-0.2, -0.15) is 0 Å². The molecule has 1 aliphatic rings. The summed E-state index contributed by atoms with van der Waals surface area (Å²) in [5.41, 5.74) is 6.97. The molecule has 136 valence electrons. The van der Waals surface area contributed by atoms with E-state index >= 15 is 0 Å². The molecule has 1 unspecified atom stereocenters. The van der Waals surface area contributed by atoms with Gasteiger partial charge in [0.2, 0.25) is 0 Å². The number of aromatic nitrogens is 1. The summed E-state index contributed by atoms with van der Waals surface area (Å²) in [6.45, 7) is 1.59. The van der Waals surface area contributed by atoms with Crippen LogP contribution in [0.4, 0.5) is 10.5 Å². The standard InChI is InChI=1S/C19H23N5O2/c20-19(26)22-16-9-2-1-8-15(16)18(25)23-17-10-4-6-12-24(17)13-14-7-3-5-11-21-14/h1-3,5,7-9,11,17H,4,6,10,12-13H2,(H,23,25)(H3,20,22,26). The zero-order valence-corrected chi connectivity index (χ0v) is 14.5. The molecule has 26 heavy (non-hydrogen) atoms. The number of rotatable bonds is 5. The SMILES string of the molecule is NC(=O)Nc1ccccc1C(=O)NC1CCCCN1Cc1ccccn1. The van der Waals surface area contributed by atoms with Gasteiger partial charge in [-0.15, -0.1) is 0 Å². The number of amides is 3. The maximum absolute atomic E-state index is 12.8. The van der Waals surface area contributed by atoms with Crippen LogP contribution >= 0.6 is 0 Å². The Morgan fingerprint density at radius 1 is 1.15 bits per heavy atom. The number of likely N-dealkylation sites (tertiary alicyclic amines) is 1. The zero-order valence-electron chi connectivity index (χ0n) is 14.5. The Morgan fingerprint density at radius 3 is 2.73 bits per heavy atom. The number of carbonyl (C=O) groups excluding carboxylic acids is 2. The number of nitrogens with zero attached hydrogens (tertiary/aromatic N) is 2. The van der Waals surface area contributed by atoms with Gasteiger partial charge in [-0.05, 0) is 43.5 Å². The number of pyridine rings is 1. The minimum Gasteiger partial charge on any atom is -0.351 e. The highest BCUT2D eigenvalue weighted by Gasteiger charge is 2.25. The molecule has 1 aliphatic heterocycles. The third-order valence-corrected chi connectivity index (χ3v) is 4.43. The lowest BCUT2D eigenvalue weighted by Crippen LogP contribution is -2.50. The van der Waals surface area contributed by atoms with Gasteiger partial charge in [-0.3, -0.25) is 14.7 Å². The molecule has 1 atom stereocenters. The zero-order chi connectivity index (χ0) is 18.4. The summed E-state index contributed by atoms with van der Waals surface area (Å²) in [6.07, 6.45) is 4.74. The minimum absolute atomic E-state index is 0.0695. The molecule has 1 saturated heterocycles. The van der Waals surface area contributed by atoms with Crippen molar-refractivity contribution < 1.29 is 9.59 Å². The molecule has 3 rings (SSSR count). The number of hydrogen-bond donors (Lipinski definition) is 3. The molecule has 0 aliphatic carbocycles. The van der Waals surface area contributed by atoms with Crippen LogP contribution in [0, 0.1) is 0 Å². The summed E-state index contributed by atoms with van der Waals surface area (Å²) in [6, 6.07) is 12.0. The molecule has 2 heterocycles. The van der Waals surface area contributed by atoms with Crippen molar-refractivity contribution in [3.8, 4) is 0 Å². The van der Waals surface area contributed by atoms with Crippen molar-refractivity contribution in [2.24, 2.45) is 5.73 Å². The van der Waals surface area contributed by atoms with E-state index in [1.165, 1.54) is 0 Å². The first-order valence-electron chi connectivity index (χ1n) is 8.74. The predicted molar refractivity (Wildman–Crippen MR) is 99.4 cm³/mol. The molecular weight excluding hydrogens is 330 g/mol. The van der Waals surface area contributed by atoms with Crippen molar-refractivity contribution in [3.05, 3.63) is 59.9 Å². The van der Waals surface area contributed by atoms with Gasteiger partial charge in [-0.1, -0.05) is 18.2 Å². The van der Waals surface area contributed by atoms with E-state index in [9.17, 15) is 9.59 Å². The molecule has 1 aromatic heterocycles. The molecule has 7 heteroatoms. The van der Waals surface area contributed by atoms with E-state index in [4.69, 9.17) is 5.73 Å². The number of carbonyl (C=O) groups is 2. The number of urea groups is 1. The topological polar surface area (TPSA) is 100 Å². The molecule has 0 spiro atoms. The smallest absolute Gasteiger partial charge is 0.316 e. The second-order valence-electron chi connectivity index (χ2n) is 6.31. The van der Waals surface area contributed by atoms with Crippen LogP contribution in [-0.2, 0) is 6.54 Å². The first-order valence-corrected chi connectivity index (χ1v) is 8.74. The normalized spacial score (nSPS) is 17.5. The highest BCUT2D eigenvalue weighted by atomic mass is 16.2. The Hall–Kier alpha value is -2.93. The van der Waals surface area contributed by atoms with Gasteiger partial charge in [0.25, 0.3) is 5.91 Å². The molecule has 0 saturated carbocycles. The fraction of sp³-hybridized carbons (Fsp3) is 0.316. The molecule has 2 aromatic rings. The number of hydrogen-bond acceptors (Lipinski definition) is 4. The van der Waals surface area contributed by atoms with Crippen molar-refractivity contribution in [1.82, 2.24) is 15.2 Å². The second kappa shape index (κ2) is 8.44. The predicted octanol–water partition coefficient (Wildman–Crippen LogP) is 2.31. The molecule has 3 amide bonds. The van der Waals surface area contributed by atoms with Crippen LogP contribution in [0.25, 0.3) is 0 Å². The van der Waals surface area contributed by atoms with Gasteiger partial charge in [-0.25, -0.2) is 4.79 Å². The average Bonchev–Trinajstić information content (AvgIpc) is 2.64. The Labute approximate surface area is 152 Å². The van der Waals surface area contributed by atoms with Crippen LogP contribution in [0.2, 0.25) is 0 Å². The molecule has 0 radical (unpaired) electrons. The number of primary amides is 1. The van der Waals surface area contributed by atoms with Crippen LogP contribution in [0.1, 0.15) is 35.3 Å². The van der Waals surface area contributed by atoms with Gasteiger partial charge in [0, 0.05) is 19.3 Å². The van der Waals surface area contributed by atoms with Gasteiger partial charge < -0.3 is 16.4 Å². The summed E-state index contributed by atoms with van der Waals surface area (Å²) >= 11 is 0. The third-order valence-electron chi connectivity index (χ3n) is 4.43. The highest BCUT2D eigenvalue weighted by Crippen LogP contribution is 2.20. The number of piperidine rings is 1. The van der Waals surface area contributed by atoms with Gasteiger partial charge in [0.15, 0.2) is 0 Å². The quantitative estimate of drug-likeness (QED) is 0.768. The summed E-state index contributed by atoms with van der Waals surface area (Å²) < 4.78 is 0. The van der Waals surface area contributed by atoms with E-state index in [1.807, 2.05) is 18.2 Å². The maximum Gasteiger partial charge on any atom is 0.316 e. The summed E-state index contributed by atoms with van der Waals surface area (Å²) in [7, 11) is 0. The number of nitrogens with one attached hydrogen (secondary N) is 2. The van der Waals surface area contributed by atoms with Crippen LogP contribution in [-0.4, -0.2) is 34.5 Å². The van der Waals surface area contributed by atoms with Crippen LogP contribution in [0.3, 0.4) is 0 Å². The minimum atomic E-state index is -0.695. The summed E-state index contributed by atoms with van der Waals surface area (Å²) in [4.78, 5) is 30.5. The molecule has 0 bridgehead atoms. The van der Waals surface area contributed by atoms with Crippen molar-refractivity contribution in [2.45, 2.75) is 32.0 Å². The first-order chi connectivity index (χ1) is 12.6. The van der Waals surface area contributed by atoms with Crippen molar-refractivity contribution in [3.63, 3.8) is 0 Å². The van der Waals surface area contributed by atoms with E-state index in [1.54, 1.807) is 30.5 Å². The monoisotopic (exact) mass is 353 g/mol. The molecule has 4 N–H and O–H groups in total. The largest absolute Gasteiger partial charge is 0.351 e. The fourth-order valence-corrected chi connectivity index (χ4v) is 3.20. The van der Waals surface area contributed by atoms with Crippen molar-refractivity contribution in [2.75, 3.05) is 11.9 Å². The van der Waals surface area contributed by atoms with E-state index in [-0.39, 0.29) is 12.1 Å². The van der Waals surface area contributed by atoms with E-state index in [0.717, 1.165) is 31.5 Å². The third kappa shape index (κ3) is 4.58. The van der Waals surface area contributed by atoms with Gasteiger partial charge >= 0.3 is 6.03 Å². The fourth-order valence-electron chi connectivity index (χ4n) is 3.20. The van der Waals surface area contributed by atoms with Crippen LogP contribution in [0.15, 0.2) is 48.7 Å².